The van der Waals surface area contributed by atoms with Gasteiger partial charge in [0.25, 0.3) is 5.91 Å². The molecule has 0 bridgehead atoms. The van der Waals surface area contributed by atoms with E-state index in [1.807, 2.05) is 0 Å². The quantitative estimate of drug-likeness (QED) is 0.575. The number of carboxylic acids is 1. The van der Waals surface area contributed by atoms with Crippen molar-refractivity contribution in [2.45, 2.75) is 63.3 Å². The summed E-state index contributed by atoms with van der Waals surface area (Å²) < 4.78 is 0. The zero-order valence-corrected chi connectivity index (χ0v) is 11.7. The number of amides is 3. The highest BCUT2D eigenvalue weighted by Gasteiger charge is 2.50. The number of nitrogens with zero attached hydrogens (tertiary/aromatic N) is 1. The third-order valence-electron chi connectivity index (χ3n) is 4.23. The van der Waals surface area contributed by atoms with Crippen LogP contribution in [-0.4, -0.2) is 40.0 Å². The summed E-state index contributed by atoms with van der Waals surface area (Å²) in [5.74, 6) is -0.887. The lowest BCUT2D eigenvalue weighted by Crippen LogP contribution is -2.48. The van der Waals surface area contributed by atoms with Crippen LogP contribution in [0.25, 0.3) is 0 Å². The number of unbranched alkanes of at least 4 members (excludes halogenated alkanes) is 2. The molecule has 2 aliphatic rings. The van der Waals surface area contributed by atoms with E-state index in [4.69, 9.17) is 5.11 Å². The molecule has 0 radical (unpaired) electrons. The normalized spacial score (nSPS) is 21.3. The van der Waals surface area contributed by atoms with Crippen LogP contribution in [0.3, 0.4) is 0 Å². The number of carbonyl (C=O) groups excluding carboxylic acids is 2. The van der Waals surface area contributed by atoms with Gasteiger partial charge >= 0.3 is 12.0 Å². The van der Waals surface area contributed by atoms with Gasteiger partial charge in [0.15, 0.2) is 0 Å². The molecule has 0 aromatic carbocycles. The molecule has 0 atom stereocenters. The summed E-state index contributed by atoms with van der Waals surface area (Å²) in [5.41, 5.74) is -0.642. The molecule has 6 nitrogen and oxygen atoms in total. The van der Waals surface area contributed by atoms with Crippen LogP contribution in [0.2, 0.25) is 0 Å². The van der Waals surface area contributed by atoms with Gasteiger partial charge < -0.3 is 10.4 Å². The Balaban J connectivity index is 1.81. The average molecular weight is 282 g/mol. The summed E-state index contributed by atoms with van der Waals surface area (Å²) in [6.07, 6.45) is 6.70. The number of urea groups is 1. The molecule has 0 aromatic heterocycles. The Morgan fingerprint density at radius 2 is 1.85 bits per heavy atom. The molecule has 6 heteroatoms. The molecule has 2 fully saturated rings. The smallest absolute Gasteiger partial charge is 0.325 e. The molecule has 1 spiro atoms. The SMILES string of the molecule is O=C(O)CCCCCN1C(=O)NC2(CCCCC2)C1=O. The first-order valence-corrected chi connectivity index (χ1v) is 7.41. The van der Waals surface area contributed by atoms with E-state index in [1.165, 1.54) is 4.90 Å². The molecule has 1 saturated heterocycles. The summed E-state index contributed by atoms with van der Waals surface area (Å²) in [6.45, 7) is 0.395. The van der Waals surface area contributed by atoms with Gasteiger partial charge in [-0.25, -0.2) is 4.79 Å². The van der Waals surface area contributed by atoms with Gasteiger partial charge in [-0.15, -0.1) is 0 Å². The number of carbonyl (C=O) groups is 3. The lowest BCUT2D eigenvalue weighted by Gasteiger charge is -2.30. The molecule has 2 N–H and O–H groups in total. The first kappa shape index (κ1) is 14.8. The Kier molecular flexibility index (Phi) is 4.62. The van der Waals surface area contributed by atoms with Gasteiger partial charge in [0.1, 0.15) is 5.54 Å². The van der Waals surface area contributed by atoms with Crippen molar-refractivity contribution in [3.8, 4) is 0 Å². The van der Waals surface area contributed by atoms with Crippen LogP contribution in [0.15, 0.2) is 0 Å². The molecule has 1 heterocycles. The standard InChI is InChI=1S/C14H22N2O4/c17-11(18)7-3-1-6-10-16-12(19)14(15-13(16)20)8-4-2-5-9-14/h1-10H2,(H,15,20)(H,17,18). The third kappa shape index (κ3) is 3.11. The fourth-order valence-electron chi connectivity index (χ4n) is 3.10. The van der Waals surface area contributed by atoms with Crippen molar-refractivity contribution in [1.29, 1.82) is 0 Å². The van der Waals surface area contributed by atoms with E-state index in [2.05, 4.69) is 5.32 Å². The molecule has 0 aromatic rings. The predicted molar refractivity (Wildman–Crippen MR) is 72.2 cm³/mol. The van der Waals surface area contributed by atoms with Crippen molar-refractivity contribution in [2.24, 2.45) is 0 Å². The molecule has 3 amide bonds. The molecular formula is C14H22N2O4. The summed E-state index contributed by atoms with van der Waals surface area (Å²) in [7, 11) is 0. The van der Waals surface area contributed by atoms with Gasteiger partial charge in [0, 0.05) is 13.0 Å². The molecule has 20 heavy (non-hydrogen) atoms. The molecule has 1 aliphatic heterocycles. The third-order valence-corrected chi connectivity index (χ3v) is 4.23. The minimum atomic E-state index is -0.804. The molecule has 1 aliphatic carbocycles. The maximum absolute atomic E-state index is 12.4. The zero-order valence-electron chi connectivity index (χ0n) is 11.7. The zero-order chi connectivity index (χ0) is 14.6. The second-order valence-corrected chi connectivity index (χ2v) is 5.73. The van der Waals surface area contributed by atoms with Gasteiger partial charge in [-0.2, -0.15) is 0 Å². The van der Waals surface area contributed by atoms with Crippen LogP contribution < -0.4 is 5.32 Å². The van der Waals surface area contributed by atoms with E-state index in [-0.39, 0.29) is 18.4 Å². The van der Waals surface area contributed by atoms with Crippen LogP contribution in [0, 0.1) is 0 Å². The van der Waals surface area contributed by atoms with E-state index in [0.717, 1.165) is 38.5 Å². The first-order valence-electron chi connectivity index (χ1n) is 7.41. The number of imide groups is 1. The van der Waals surface area contributed by atoms with Gasteiger partial charge in [-0.05, 0) is 25.7 Å². The highest BCUT2D eigenvalue weighted by Crippen LogP contribution is 2.33. The number of carboxylic acid groups (broad SMARTS) is 1. The lowest BCUT2D eigenvalue weighted by molar-refractivity contribution is -0.137. The van der Waals surface area contributed by atoms with Crippen LogP contribution in [0.5, 0.6) is 0 Å². The lowest BCUT2D eigenvalue weighted by atomic mass is 9.82. The number of hydrogen-bond donors (Lipinski definition) is 2. The molecular weight excluding hydrogens is 260 g/mol. The monoisotopic (exact) mass is 282 g/mol. The van der Waals surface area contributed by atoms with Gasteiger partial charge in [0.2, 0.25) is 0 Å². The minimum Gasteiger partial charge on any atom is -0.481 e. The van der Waals surface area contributed by atoms with Crippen molar-refractivity contribution in [3.05, 3.63) is 0 Å². The van der Waals surface area contributed by atoms with E-state index in [0.29, 0.717) is 19.4 Å². The number of rotatable bonds is 6. The highest BCUT2D eigenvalue weighted by atomic mass is 16.4. The maximum Gasteiger partial charge on any atom is 0.325 e. The molecule has 112 valence electrons. The molecule has 2 rings (SSSR count). The fraction of sp³-hybridized carbons (Fsp3) is 0.786. The Hall–Kier alpha value is -1.59. The summed E-state index contributed by atoms with van der Waals surface area (Å²) >= 11 is 0. The van der Waals surface area contributed by atoms with Gasteiger partial charge in [0.05, 0.1) is 0 Å². The summed E-state index contributed by atoms with van der Waals surface area (Å²) in [6, 6.07) is -0.282. The predicted octanol–water partition coefficient (Wildman–Crippen LogP) is 1.89. The van der Waals surface area contributed by atoms with E-state index < -0.39 is 11.5 Å². The average Bonchev–Trinajstić information content (AvgIpc) is 2.63. The van der Waals surface area contributed by atoms with Crippen LogP contribution in [-0.2, 0) is 9.59 Å². The van der Waals surface area contributed by atoms with Crippen molar-refractivity contribution >= 4 is 17.9 Å². The van der Waals surface area contributed by atoms with Crippen LogP contribution in [0.4, 0.5) is 4.79 Å². The topological polar surface area (TPSA) is 86.7 Å². The van der Waals surface area contributed by atoms with E-state index >= 15 is 0 Å². The van der Waals surface area contributed by atoms with Crippen molar-refractivity contribution in [3.63, 3.8) is 0 Å². The molecule has 0 unspecified atom stereocenters. The summed E-state index contributed by atoms with van der Waals surface area (Å²) in [4.78, 5) is 36.1. The van der Waals surface area contributed by atoms with Gasteiger partial charge in [-0.3, -0.25) is 14.5 Å². The second kappa shape index (κ2) is 6.24. The number of hydrogen-bond acceptors (Lipinski definition) is 3. The van der Waals surface area contributed by atoms with Crippen molar-refractivity contribution < 1.29 is 19.5 Å². The van der Waals surface area contributed by atoms with Gasteiger partial charge in [-0.1, -0.05) is 25.7 Å². The van der Waals surface area contributed by atoms with Crippen molar-refractivity contribution in [2.75, 3.05) is 6.54 Å². The molecule has 1 saturated carbocycles. The van der Waals surface area contributed by atoms with Crippen LogP contribution >= 0.6 is 0 Å². The van der Waals surface area contributed by atoms with Crippen molar-refractivity contribution in [1.82, 2.24) is 10.2 Å². The Bertz CT molecular complexity index is 402. The van der Waals surface area contributed by atoms with Crippen LogP contribution in [0.1, 0.15) is 57.8 Å². The van der Waals surface area contributed by atoms with E-state index in [9.17, 15) is 14.4 Å². The number of aliphatic carboxylic acids is 1. The fourth-order valence-corrected chi connectivity index (χ4v) is 3.10. The first-order chi connectivity index (χ1) is 9.55. The van der Waals surface area contributed by atoms with E-state index in [1.54, 1.807) is 0 Å². The summed E-state index contributed by atoms with van der Waals surface area (Å²) in [5, 5.41) is 11.4. The Morgan fingerprint density at radius 3 is 2.50 bits per heavy atom. The largest absolute Gasteiger partial charge is 0.481 e. The maximum atomic E-state index is 12.4. The Labute approximate surface area is 118 Å². The highest BCUT2D eigenvalue weighted by molar-refractivity contribution is 6.07. The number of nitrogens with one attached hydrogen (secondary N) is 1. The Morgan fingerprint density at radius 1 is 1.15 bits per heavy atom. The second-order valence-electron chi connectivity index (χ2n) is 5.73. The minimum absolute atomic E-state index is 0.0829.